The van der Waals surface area contributed by atoms with Gasteiger partial charge in [-0.05, 0) is 43.3 Å². The van der Waals surface area contributed by atoms with Gasteiger partial charge in [0.05, 0.1) is 12.1 Å². The van der Waals surface area contributed by atoms with Crippen LogP contribution in [-0.2, 0) is 11.0 Å². The van der Waals surface area contributed by atoms with E-state index in [-0.39, 0.29) is 12.5 Å². The lowest BCUT2D eigenvalue weighted by Crippen LogP contribution is -2.35. The summed E-state index contributed by atoms with van der Waals surface area (Å²) in [5.74, 6) is -0.154. The first-order chi connectivity index (χ1) is 10.9. The van der Waals surface area contributed by atoms with Crippen molar-refractivity contribution in [1.82, 2.24) is 0 Å². The molecular formula is C17H17F3N2O. The predicted molar refractivity (Wildman–Crippen MR) is 84.4 cm³/mol. The number of anilines is 2. The molecule has 0 aliphatic heterocycles. The summed E-state index contributed by atoms with van der Waals surface area (Å²) in [7, 11) is 0. The Morgan fingerprint density at radius 2 is 1.65 bits per heavy atom. The first kappa shape index (κ1) is 16.9. The fourth-order valence-electron chi connectivity index (χ4n) is 2.16. The largest absolute Gasteiger partial charge is 0.416 e. The monoisotopic (exact) mass is 322 g/mol. The maximum atomic E-state index is 12.5. The molecule has 0 heterocycles. The lowest BCUT2D eigenvalue weighted by atomic mass is 10.2. The van der Waals surface area contributed by atoms with Gasteiger partial charge in [-0.1, -0.05) is 18.2 Å². The van der Waals surface area contributed by atoms with Crippen LogP contribution in [-0.4, -0.2) is 19.0 Å². The molecule has 3 nitrogen and oxygen atoms in total. The van der Waals surface area contributed by atoms with E-state index in [1.165, 1.54) is 12.1 Å². The number of rotatable bonds is 5. The molecule has 0 saturated heterocycles. The van der Waals surface area contributed by atoms with E-state index in [0.717, 1.165) is 17.8 Å². The normalized spacial score (nSPS) is 11.1. The zero-order valence-electron chi connectivity index (χ0n) is 12.6. The SMILES string of the molecule is CCN(C(=O)CNc1ccc(C(F)(F)F)cc1)c1ccccc1. The predicted octanol–water partition coefficient (Wildman–Crippen LogP) is 4.17. The smallest absolute Gasteiger partial charge is 0.376 e. The van der Waals surface area contributed by atoms with Crippen molar-refractivity contribution in [2.75, 3.05) is 23.3 Å². The fraction of sp³-hybridized carbons (Fsp3) is 0.235. The minimum Gasteiger partial charge on any atom is -0.376 e. The molecule has 2 aromatic rings. The number of carbonyl (C=O) groups excluding carboxylic acids is 1. The molecule has 0 spiro atoms. The van der Waals surface area contributed by atoms with Crippen molar-refractivity contribution in [1.29, 1.82) is 0 Å². The molecule has 0 radical (unpaired) electrons. The van der Waals surface area contributed by atoms with Gasteiger partial charge in [-0.2, -0.15) is 13.2 Å². The molecule has 122 valence electrons. The van der Waals surface area contributed by atoms with Crippen LogP contribution in [0, 0.1) is 0 Å². The molecule has 0 aliphatic carbocycles. The van der Waals surface area contributed by atoms with Gasteiger partial charge in [0.1, 0.15) is 0 Å². The maximum Gasteiger partial charge on any atom is 0.416 e. The first-order valence-corrected chi connectivity index (χ1v) is 7.18. The topological polar surface area (TPSA) is 32.3 Å². The number of halogens is 3. The lowest BCUT2D eigenvalue weighted by molar-refractivity contribution is -0.137. The number of para-hydroxylation sites is 1. The van der Waals surface area contributed by atoms with Gasteiger partial charge in [0.25, 0.3) is 0 Å². The van der Waals surface area contributed by atoms with E-state index in [0.29, 0.717) is 12.2 Å². The zero-order valence-corrected chi connectivity index (χ0v) is 12.6. The lowest BCUT2D eigenvalue weighted by Gasteiger charge is -2.21. The number of nitrogens with one attached hydrogen (secondary N) is 1. The Kier molecular flexibility index (Phi) is 5.26. The van der Waals surface area contributed by atoms with Crippen LogP contribution in [0.3, 0.4) is 0 Å². The molecule has 1 amide bonds. The third-order valence-corrected chi connectivity index (χ3v) is 3.34. The molecule has 6 heteroatoms. The minimum absolute atomic E-state index is 0.00803. The molecular weight excluding hydrogens is 305 g/mol. The summed E-state index contributed by atoms with van der Waals surface area (Å²) in [5.41, 5.74) is 0.540. The van der Waals surface area contributed by atoms with Crippen molar-refractivity contribution in [2.24, 2.45) is 0 Å². The van der Waals surface area contributed by atoms with E-state index in [2.05, 4.69) is 5.32 Å². The third-order valence-electron chi connectivity index (χ3n) is 3.34. The van der Waals surface area contributed by atoms with Crippen LogP contribution in [0.5, 0.6) is 0 Å². The molecule has 0 saturated carbocycles. The highest BCUT2D eigenvalue weighted by Gasteiger charge is 2.29. The van der Waals surface area contributed by atoms with Gasteiger partial charge in [0.15, 0.2) is 0 Å². The molecule has 23 heavy (non-hydrogen) atoms. The Bertz CT molecular complexity index is 639. The zero-order chi connectivity index (χ0) is 16.9. The number of nitrogens with zero attached hydrogens (tertiary/aromatic N) is 1. The Labute approximate surface area is 132 Å². The number of alkyl halides is 3. The number of amides is 1. The van der Waals surface area contributed by atoms with Crippen molar-refractivity contribution in [3.05, 3.63) is 60.2 Å². The van der Waals surface area contributed by atoms with Gasteiger partial charge < -0.3 is 10.2 Å². The Balaban J connectivity index is 1.98. The summed E-state index contributed by atoms with van der Waals surface area (Å²) in [6, 6.07) is 13.8. The number of hydrogen-bond donors (Lipinski definition) is 1. The van der Waals surface area contributed by atoms with Crippen molar-refractivity contribution in [3.8, 4) is 0 Å². The van der Waals surface area contributed by atoms with Gasteiger partial charge in [0.2, 0.25) is 5.91 Å². The van der Waals surface area contributed by atoms with E-state index in [1.54, 1.807) is 4.90 Å². The van der Waals surface area contributed by atoms with Crippen molar-refractivity contribution >= 4 is 17.3 Å². The molecule has 0 bridgehead atoms. The van der Waals surface area contributed by atoms with Crippen LogP contribution in [0.1, 0.15) is 12.5 Å². The highest BCUT2D eigenvalue weighted by atomic mass is 19.4. The number of benzene rings is 2. The summed E-state index contributed by atoms with van der Waals surface area (Å²) < 4.78 is 37.5. The van der Waals surface area contributed by atoms with Gasteiger partial charge >= 0.3 is 6.18 Å². The maximum absolute atomic E-state index is 12.5. The van der Waals surface area contributed by atoms with E-state index < -0.39 is 11.7 Å². The second-order valence-electron chi connectivity index (χ2n) is 4.90. The third kappa shape index (κ3) is 4.48. The second-order valence-corrected chi connectivity index (χ2v) is 4.90. The summed E-state index contributed by atoms with van der Waals surface area (Å²) >= 11 is 0. The number of carbonyl (C=O) groups is 1. The molecule has 0 fully saturated rings. The highest BCUT2D eigenvalue weighted by molar-refractivity contribution is 5.96. The molecule has 2 aromatic carbocycles. The van der Waals surface area contributed by atoms with Crippen molar-refractivity contribution < 1.29 is 18.0 Å². The first-order valence-electron chi connectivity index (χ1n) is 7.18. The van der Waals surface area contributed by atoms with Crippen LogP contribution in [0.4, 0.5) is 24.5 Å². The molecule has 0 unspecified atom stereocenters. The summed E-state index contributed by atoms with van der Waals surface area (Å²) in [6.07, 6.45) is -4.36. The number of likely N-dealkylation sites (N-methyl/N-ethyl adjacent to an activating group) is 1. The molecule has 2 rings (SSSR count). The van der Waals surface area contributed by atoms with E-state index in [1.807, 2.05) is 37.3 Å². The van der Waals surface area contributed by atoms with Crippen molar-refractivity contribution in [3.63, 3.8) is 0 Å². The van der Waals surface area contributed by atoms with Gasteiger partial charge in [-0.25, -0.2) is 0 Å². The summed E-state index contributed by atoms with van der Waals surface area (Å²) in [5, 5.41) is 2.85. The van der Waals surface area contributed by atoms with Crippen LogP contribution in [0.15, 0.2) is 54.6 Å². The Morgan fingerprint density at radius 1 is 1.04 bits per heavy atom. The van der Waals surface area contributed by atoms with Gasteiger partial charge in [-0.3, -0.25) is 4.79 Å². The Hall–Kier alpha value is -2.50. The molecule has 0 atom stereocenters. The Morgan fingerprint density at radius 3 is 2.17 bits per heavy atom. The molecule has 0 aliphatic rings. The van der Waals surface area contributed by atoms with Crippen LogP contribution < -0.4 is 10.2 Å². The van der Waals surface area contributed by atoms with E-state index in [4.69, 9.17) is 0 Å². The van der Waals surface area contributed by atoms with Gasteiger partial charge in [-0.15, -0.1) is 0 Å². The standard InChI is InChI=1S/C17H17F3N2O/c1-2-22(15-6-4-3-5-7-15)16(23)12-21-14-10-8-13(9-11-14)17(18,19)20/h3-11,21H,2,12H2,1H3. The molecule has 1 N–H and O–H groups in total. The average molecular weight is 322 g/mol. The highest BCUT2D eigenvalue weighted by Crippen LogP contribution is 2.29. The summed E-state index contributed by atoms with van der Waals surface area (Å²) in [6.45, 7) is 2.38. The molecule has 0 aromatic heterocycles. The quantitative estimate of drug-likeness (QED) is 0.896. The van der Waals surface area contributed by atoms with E-state index in [9.17, 15) is 18.0 Å². The summed E-state index contributed by atoms with van der Waals surface area (Å²) in [4.78, 5) is 13.9. The second kappa shape index (κ2) is 7.17. The number of hydrogen-bond acceptors (Lipinski definition) is 2. The van der Waals surface area contributed by atoms with Crippen molar-refractivity contribution in [2.45, 2.75) is 13.1 Å². The average Bonchev–Trinajstić information content (AvgIpc) is 2.54. The van der Waals surface area contributed by atoms with Crippen LogP contribution >= 0.6 is 0 Å². The van der Waals surface area contributed by atoms with Gasteiger partial charge in [0, 0.05) is 17.9 Å². The fourth-order valence-corrected chi connectivity index (χ4v) is 2.16. The minimum atomic E-state index is -4.36. The van der Waals surface area contributed by atoms with Crippen LogP contribution in [0.2, 0.25) is 0 Å². The van der Waals surface area contributed by atoms with E-state index >= 15 is 0 Å². The van der Waals surface area contributed by atoms with Crippen LogP contribution in [0.25, 0.3) is 0 Å².